The van der Waals surface area contributed by atoms with Gasteiger partial charge in [-0.3, -0.25) is 10.1 Å². The van der Waals surface area contributed by atoms with Crippen LogP contribution < -0.4 is 5.32 Å². The summed E-state index contributed by atoms with van der Waals surface area (Å²) >= 11 is 0. The molecule has 1 aliphatic rings. The molecule has 0 saturated carbocycles. The summed E-state index contributed by atoms with van der Waals surface area (Å²) in [5, 5.41) is 20.6. The molecule has 2 aromatic carbocycles. The largest absolute Gasteiger partial charge is 0.508 e. The van der Waals surface area contributed by atoms with Crippen molar-refractivity contribution in [1.29, 1.82) is 5.26 Å². The average Bonchev–Trinajstić information content (AvgIpc) is 2.69. The molecule has 3 amide bonds. The Morgan fingerprint density at radius 2 is 1.85 bits per heavy atom. The highest BCUT2D eigenvalue weighted by molar-refractivity contribution is 6.04. The molecule has 0 aromatic heterocycles. The Morgan fingerprint density at radius 3 is 2.52 bits per heavy atom. The van der Waals surface area contributed by atoms with Crippen molar-refractivity contribution in [3.63, 3.8) is 0 Å². The number of urea groups is 1. The van der Waals surface area contributed by atoms with Gasteiger partial charge in [-0.15, -0.1) is 0 Å². The smallest absolute Gasteiger partial charge is 0.324 e. The van der Waals surface area contributed by atoms with E-state index in [9.17, 15) is 14.7 Å². The van der Waals surface area contributed by atoms with Crippen molar-refractivity contribution >= 4 is 11.9 Å². The maximum absolute atomic E-state index is 12.3. The Labute approximate surface area is 158 Å². The first-order chi connectivity index (χ1) is 13.0. The van der Waals surface area contributed by atoms with E-state index in [1.165, 1.54) is 24.3 Å². The maximum atomic E-state index is 12.3. The number of carbonyl (C=O) groups excluding carboxylic acids is 2. The number of hydrogen-bond acceptors (Lipinski definition) is 4. The fourth-order valence-corrected chi connectivity index (χ4v) is 3.30. The summed E-state index contributed by atoms with van der Waals surface area (Å²) in [6.07, 6.45) is 2.60. The molecule has 6 heteroatoms. The number of benzene rings is 2. The zero-order valence-corrected chi connectivity index (χ0v) is 14.9. The molecular weight excluding hydrogens is 342 g/mol. The third-order valence-electron chi connectivity index (χ3n) is 4.83. The van der Waals surface area contributed by atoms with Crippen LogP contribution in [0.3, 0.4) is 0 Å². The number of nitrogens with zero attached hydrogens (tertiary/aromatic N) is 2. The number of carbonyl (C=O) groups is 2. The van der Waals surface area contributed by atoms with Crippen molar-refractivity contribution in [2.24, 2.45) is 5.92 Å². The van der Waals surface area contributed by atoms with Crippen molar-refractivity contribution in [3.05, 3.63) is 65.2 Å². The molecule has 6 nitrogen and oxygen atoms in total. The van der Waals surface area contributed by atoms with E-state index in [0.29, 0.717) is 30.1 Å². The molecule has 1 saturated heterocycles. The SMILES string of the molecule is N#Cc1cccc(CC2CCN(C(=O)NC(=O)c3ccc(O)cc3)CC2)c1. The van der Waals surface area contributed by atoms with Crippen LogP contribution in [-0.4, -0.2) is 35.0 Å². The summed E-state index contributed by atoms with van der Waals surface area (Å²) in [7, 11) is 0. The molecule has 0 aliphatic carbocycles. The van der Waals surface area contributed by atoms with Gasteiger partial charge in [0, 0.05) is 18.7 Å². The van der Waals surface area contributed by atoms with Crippen molar-refractivity contribution in [2.75, 3.05) is 13.1 Å². The first kappa shape index (κ1) is 18.5. The van der Waals surface area contributed by atoms with Crippen LogP contribution in [0.4, 0.5) is 4.79 Å². The molecule has 0 bridgehead atoms. The van der Waals surface area contributed by atoms with Gasteiger partial charge in [-0.2, -0.15) is 5.26 Å². The second kappa shape index (κ2) is 8.37. The lowest BCUT2D eigenvalue weighted by atomic mass is 9.90. The Kier molecular flexibility index (Phi) is 5.72. The van der Waals surface area contributed by atoms with Crippen molar-refractivity contribution in [3.8, 4) is 11.8 Å². The first-order valence-corrected chi connectivity index (χ1v) is 8.93. The number of nitriles is 1. The number of rotatable bonds is 3. The van der Waals surface area contributed by atoms with Gasteiger partial charge in [0.05, 0.1) is 11.6 Å². The zero-order valence-electron chi connectivity index (χ0n) is 14.9. The van der Waals surface area contributed by atoms with E-state index in [1.807, 2.05) is 18.2 Å². The van der Waals surface area contributed by atoms with Crippen molar-refractivity contribution < 1.29 is 14.7 Å². The minimum absolute atomic E-state index is 0.0697. The number of piperidine rings is 1. The number of hydrogen-bond donors (Lipinski definition) is 2. The van der Waals surface area contributed by atoms with Gasteiger partial charge in [0.1, 0.15) is 5.75 Å². The van der Waals surface area contributed by atoms with E-state index in [1.54, 1.807) is 11.0 Å². The van der Waals surface area contributed by atoms with Crippen LogP contribution in [0.2, 0.25) is 0 Å². The van der Waals surface area contributed by atoms with Crippen LogP contribution in [0.15, 0.2) is 48.5 Å². The average molecular weight is 363 g/mol. The Balaban J connectivity index is 1.49. The van der Waals surface area contributed by atoms with Crippen LogP contribution in [0, 0.1) is 17.2 Å². The minimum Gasteiger partial charge on any atom is -0.508 e. The normalized spacial score (nSPS) is 14.4. The van der Waals surface area contributed by atoms with E-state index < -0.39 is 11.9 Å². The number of likely N-dealkylation sites (tertiary alicyclic amines) is 1. The van der Waals surface area contributed by atoms with Gasteiger partial charge >= 0.3 is 6.03 Å². The predicted molar refractivity (Wildman–Crippen MR) is 100 cm³/mol. The molecular formula is C21H21N3O3. The number of phenols is 1. The van der Waals surface area contributed by atoms with Crippen LogP contribution in [-0.2, 0) is 6.42 Å². The second-order valence-electron chi connectivity index (χ2n) is 6.75. The summed E-state index contributed by atoms with van der Waals surface area (Å²) < 4.78 is 0. The summed E-state index contributed by atoms with van der Waals surface area (Å²) in [6, 6.07) is 15.1. The van der Waals surface area contributed by atoms with E-state index in [0.717, 1.165) is 24.8 Å². The fraction of sp³-hybridized carbons (Fsp3) is 0.286. The monoisotopic (exact) mass is 363 g/mol. The van der Waals surface area contributed by atoms with Crippen molar-refractivity contribution in [1.82, 2.24) is 10.2 Å². The van der Waals surface area contributed by atoms with Crippen molar-refractivity contribution in [2.45, 2.75) is 19.3 Å². The Hall–Kier alpha value is -3.33. The zero-order chi connectivity index (χ0) is 19.2. The van der Waals surface area contributed by atoms with Gasteiger partial charge < -0.3 is 10.0 Å². The minimum atomic E-state index is -0.476. The third kappa shape index (κ3) is 4.85. The number of amides is 3. The molecule has 1 fully saturated rings. The van der Waals surface area contributed by atoms with Gasteiger partial charge in [0.25, 0.3) is 5.91 Å². The highest BCUT2D eigenvalue weighted by Crippen LogP contribution is 2.22. The molecule has 2 N–H and O–H groups in total. The van der Waals surface area contributed by atoms with E-state index in [4.69, 9.17) is 5.26 Å². The van der Waals surface area contributed by atoms with Crippen LogP contribution in [0.25, 0.3) is 0 Å². The first-order valence-electron chi connectivity index (χ1n) is 8.93. The maximum Gasteiger partial charge on any atom is 0.324 e. The Morgan fingerprint density at radius 1 is 1.15 bits per heavy atom. The molecule has 0 radical (unpaired) electrons. The highest BCUT2D eigenvalue weighted by atomic mass is 16.3. The molecule has 0 atom stereocenters. The standard InChI is InChI=1S/C21H21N3O3/c22-14-17-3-1-2-16(13-17)12-15-8-10-24(11-9-15)21(27)23-20(26)18-4-6-19(25)7-5-18/h1-7,13,15,25H,8-12H2,(H,23,26,27). The Bertz CT molecular complexity index is 863. The topological polar surface area (TPSA) is 93.4 Å². The van der Waals surface area contributed by atoms with E-state index >= 15 is 0 Å². The second-order valence-corrected chi connectivity index (χ2v) is 6.75. The highest BCUT2D eigenvalue weighted by Gasteiger charge is 2.24. The quantitative estimate of drug-likeness (QED) is 0.876. The number of aromatic hydroxyl groups is 1. The molecule has 0 unspecified atom stereocenters. The van der Waals surface area contributed by atoms with Crippen LogP contribution in [0.1, 0.15) is 34.3 Å². The summed E-state index contributed by atoms with van der Waals surface area (Å²) in [4.78, 5) is 26.1. The van der Waals surface area contributed by atoms with E-state index in [-0.39, 0.29) is 5.75 Å². The van der Waals surface area contributed by atoms with Gasteiger partial charge in [-0.25, -0.2) is 4.79 Å². The van der Waals surface area contributed by atoms with Crippen LogP contribution in [0.5, 0.6) is 5.75 Å². The van der Waals surface area contributed by atoms with E-state index in [2.05, 4.69) is 11.4 Å². The number of imide groups is 1. The number of phenolic OH excluding ortho intramolecular Hbond substituents is 1. The van der Waals surface area contributed by atoms with Gasteiger partial charge in [-0.1, -0.05) is 12.1 Å². The molecule has 27 heavy (non-hydrogen) atoms. The van der Waals surface area contributed by atoms with Gasteiger partial charge in [0.2, 0.25) is 0 Å². The summed E-state index contributed by atoms with van der Waals surface area (Å²) in [6.45, 7) is 1.19. The lowest BCUT2D eigenvalue weighted by Gasteiger charge is -2.31. The molecule has 1 aliphatic heterocycles. The molecule has 0 spiro atoms. The lowest BCUT2D eigenvalue weighted by Crippen LogP contribution is -2.46. The molecule has 3 rings (SSSR count). The third-order valence-corrected chi connectivity index (χ3v) is 4.83. The van der Waals surface area contributed by atoms with Gasteiger partial charge in [0.15, 0.2) is 0 Å². The fourth-order valence-electron chi connectivity index (χ4n) is 3.30. The molecule has 1 heterocycles. The number of nitrogens with one attached hydrogen (secondary N) is 1. The lowest BCUT2D eigenvalue weighted by molar-refractivity contribution is 0.0945. The summed E-state index contributed by atoms with van der Waals surface area (Å²) in [5.41, 5.74) is 2.13. The molecule has 138 valence electrons. The molecule has 2 aromatic rings. The summed E-state index contributed by atoms with van der Waals surface area (Å²) in [5.74, 6) is 0.0477. The predicted octanol–water partition coefficient (Wildman–Crippen LogP) is 3.07. The van der Waals surface area contributed by atoms with Gasteiger partial charge in [-0.05, 0) is 67.1 Å². The van der Waals surface area contributed by atoms with Crippen LogP contribution >= 0.6 is 0 Å².